The number of aromatic nitrogens is 2. The highest BCUT2D eigenvalue weighted by atomic mass is 16.5. The second-order valence-corrected chi connectivity index (χ2v) is 5.49. The van der Waals surface area contributed by atoms with Crippen LogP contribution in [0.15, 0.2) is 30.3 Å². The number of anilines is 2. The summed E-state index contributed by atoms with van der Waals surface area (Å²) in [6.45, 7) is 7.75. The second-order valence-electron chi connectivity index (χ2n) is 5.49. The lowest BCUT2D eigenvalue weighted by atomic mass is 10.2. The van der Waals surface area contributed by atoms with E-state index in [0.717, 1.165) is 23.5 Å². The number of aryl methyl sites for hydroxylation is 2. The summed E-state index contributed by atoms with van der Waals surface area (Å²) in [5.41, 5.74) is 3.17. The molecule has 0 spiro atoms. The first-order valence-electron chi connectivity index (χ1n) is 8.14. The van der Waals surface area contributed by atoms with Crippen LogP contribution in [0.2, 0.25) is 0 Å². The first kappa shape index (κ1) is 17.9. The summed E-state index contributed by atoms with van der Waals surface area (Å²) < 4.78 is 5.25. The molecule has 2 N–H and O–H groups in total. The van der Waals surface area contributed by atoms with Gasteiger partial charge in [0.15, 0.2) is 0 Å². The standard InChI is InChI=1S/C18H24N4O2/c1-4-24-10-6-9-19-17(23)15-7-5-8-16(12-15)22-18-20-13(2)11-14(3)21-18/h5,7-8,11-12H,4,6,9-10H2,1-3H3,(H,19,23)(H,20,21,22). The van der Waals surface area contributed by atoms with Crippen LogP contribution in [-0.4, -0.2) is 35.6 Å². The van der Waals surface area contributed by atoms with Gasteiger partial charge in [0.05, 0.1) is 0 Å². The van der Waals surface area contributed by atoms with Crippen LogP contribution in [-0.2, 0) is 4.74 Å². The smallest absolute Gasteiger partial charge is 0.251 e. The number of nitrogens with one attached hydrogen (secondary N) is 2. The minimum Gasteiger partial charge on any atom is -0.382 e. The average molecular weight is 328 g/mol. The minimum atomic E-state index is -0.100. The maximum absolute atomic E-state index is 12.2. The molecule has 0 aliphatic heterocycles. The van der Waals surface area contributed by atoms with Gasteiger partial charge in [-0.1, -0.05) is 6.07 Å². The van der Waals surface area contributed by atoms with Gasteiger partial charge in [-0.3, -0.25) is 4.79 Å². The average Bonchev–Trinajstić information content (AvgIpc) is 2.54. The van der Waals surface area contributed by atoms with Gasteiger partial charge in [-0.05, 0) is 51.5 Å². The topological polar surface area (TPSA) is 76.1 Å². The van der Waals surface area contributed by atoms with Crippen LogP contribution in [0.3, 0.4) is 0 Å². The molecule has 1 aromatic heterocycles. The van der Waals surface area contributed by atoms with Crippen molar-refractivity contribution in [1.82, 2.24) is 15.3 Å². The van der Waals surface area contributed by atoms with Crippen LogP contribution in [0.5, 0.6) is 0 Å². The minimum absolute atomic E-state index is 0.100. The molecule has 128 valence electrons. The molecule has 0 fully saturated rings. The molecule has 0 atom stereocenters. The van der Waals surface area contributed by atoms with E-state index in [1.807, 2.05) is 39.0 Å². The lowest BCUT2D eigenvalue weighted by molar-refractivity contribution is 0.0944. The molecule has 2 aromatic rings. The molecule has 6 nitrogen and oxygen atoms in total. The third-order valence-corrected chi connectivity index (χ3v) is 3.32. The number of amides is 1. The first-order chi connectivity index (χ1) is 11.6. The molecule has 0 aliphatic rings. The van der Waals surface area contributed by atoms with Crippen LogP contribution < -0.4 is 10.6 Å². The lowest BCUT2D eigenvalue weighted by Gasteiger charge is -2.09. The van der Waals surface area contributed by atoms with Crippen LogP contribution in [0.4, 0.5) is 11.6 Å². The molecule has 0 saturated heterocycles. The lowest BCUT2D eigenvalue weighted by Crippen LogP contribution is -2.25. The van der Waals surface area contributed by atoms with Gasteiger partial charge >= 0.3 is 0 Å². The summed E-state index contributed by atoms with van der Waals surface area (Å²) in [6, 6.07) is 9.20. The Kier molecular flexibility index (Phi) is 6.69. The fraction of sp³-hybridized carbons (Fsp3) is 0.389. The van der Waals surface area contributed by atoms with E-state index in [9.17, 15) is 4.79 Å². The third kappa shape index (κ3) is 5.62. The summed E-state index contributed by atoms with van der Waals surface area (Å²) in [4.78, 5) is 20.9. The predicted octanol–water partition coefficient (Wildman–Crippen LogP) is 2.99. The highest BCUT2D eigenvalue weighted by Gasteiger charge is 2.07. The molecule has 0 unspecified atom stereocenters. The Balaban J connectivity index is 1.96. The molecule has 0 bridgehead atoms. The van der Waals surface area contributed by atoms with Crippen molar-refractivity contribution in [2.45, 2.75) is 27.2 Å². The zero-order valence-corrected chi connectivity index (χ0v) is 14.4. The molecule has 2 rings (SSSR count). The number of nitrogens with zero attached hydrogens (tertiary/aromatic N) is 2. The molecule has 24 heavy (non-hydrogen) atoms. The summed E-state index contributed by atoms with van der Waals surface area (Å²) in [6.07, 6.45) is 0.800. The van der Waals surface area contributed by atoms with Crippen LogP contribution in [0.25, 0.3) is 0 Å². The number of ether oxygens (including phenoxy) is 1. The van der Waals surface area contributed by atoms with Crippen molar-refractivity contribution < 1.29 is 9.53 Å². The van der Waals surface area contributed by atoms with E-state index in [-0.39, 0.29) is 5.91 Å². The van der Waals surface area contributed by atoms with Crippen molar-refractivity contribution in [3.63, 3.8) is 0 Å². The fourth-order valence-electron chi connectivity index (χ4n) is 2.27. The Hall–Kier alpha value is -2.47. The summed E-state index contributed by atoms with van der Waals surface area (Å²) >= 11 is 0. The second kappa shape index (κ2) is 8.98. The molecule has 1 heterocycles. The van der Waals surface area contributed by atoms with Gasteiger partial charge in [0, 0.05) is 42.4 Å². The van der Waals surface area contributed by atoms with Gasteiger partial charge in [0.1, 0.15) is 0 Å². The summed E-state index contributed by atoms with van der Waals surface area (Å²) in [7, 11) is 0. The van der Waals surface area contributed by atoms with Crippen molar-refractivity contribution in [3.05, 3.63) is 47.3 Å². The Morgan fingerprint density at radius 2 is 1.92 bits per heavy atom. The fourth-order valence-corrected chi connectivity index (χ4v) is 2.27. The van der Waals surface area contributed by atoms with Crippen LogP contribution in [0, 0.1) is 13.8 Å². The van der Waals surface area contributed by atoms with Crippen molar-refractivity contribution in [1.29, 1.82) is 0 Å². The maximum atomic E-state index is 12.2. The quantitative estimate of drug-likeness (QED) is 0.729. The van der Waals surface area contributed by atoms with E-state index < -0.39 is 0 Å². The highest BCUT2D eigenvalue weighted by molar-refractivity contribution is 5.95. The Morgan fingerprint density at radius 3 is 2.62 bits per heavy atom. The van der Waals surface area contributed by atoms with Crippen LogP contribution in [0.1, 0.15) is 35.1 Å². The number of carbonyl (C=O) groups excluding carboxylic acids is 1. The van der Waals surface area contributed by atoms with Crippen LogP contribution >= 0.6 is 0 Å². The van der Waals surface area contributed by atoms with Crippen molar-refractivity contribution in [3.8, 4) is 0 Å². The third-order valence-electron chi connectivity index (χ3n) is 3.32. The molecule has 1 amide bonds. The highest BCUT2D eigenvalue weighted by Crippen LogP contribution is 2.15. The largest absolute Gasteiger partial charge is 0.382 e. The zero-order valence-electron chi connectivity index (χ0n) is 14.4. The van der Waals surface area contributed by atoms with Gasteiger partial charge in [-0.25, -0.2) is 9.97 Å². The van der Waals surface area contributed by atoms with E-state index >= 15 is 0 Å². The van der Waals surface area contributed by atoms with Gasteiger partial charge in [0.2, 0.25) is 5.95 Å². The molecular weight excluding hydrogens is 304 g/mol. The van der Waals surface area contributed by atoms with Gasteiger partial charge < -0.3 is 15.4 Å². The SMILES string of the molecule is CCOCCCNC(=O)c1cccc(Nc2nc(C)cc(C)n2)c1. The molecule has 0 radical (unpaired) electrons. The molecule has 1 aromatic carbocycles. The summed E-state index contributed by atoms with van der Waals surface area (Å²) in [5, 5.41) is 6.03. The van der Waals surface area contributed by atoms with Gasteiger partial charge in [-0.15, -0.1) is 0 Å². The normalized spacial score (nSPS) is 10.5. The monoisotopic (exact) mass is 328 g/mol. The van der Waals surface area contributed by atoms with E-state index in [1.54, 1.807) is 12.1 Å². The summed E-state index contributed by atoms with van der Waals surface area (Å²) in [5.74, 6) is 0.429. The van der Waals surface area contributed by atoms with E-state index in [4.69, 9.17) is 4.74 Å². The molecule has 0 aliphatic carbocycles. The molecule has 6 heteroatoms. The van der Waals surface area contributed by atoms with Crippen molar-refractivity contribution in [2.24, 2.45) is 0 Å². The maximum Gasteiger partial charge on any atom is 0.251 e. The number of carbonyl (C=O) groups is 1. The number of hydrogen-bond donors (Lipinski definition) is 2. The van der Waals surface area contributed by atoms with E-state index in [2.05, 4.69) is 20.6 Å². The number of rotatable bonds is 8. The number of benzene rings is 1. The Labute approximate surface area is 142 Å². The van der Waals surface area contributed by atoms with E-state index in [1.165, 1.54) is 0 Å². The zero-order chi connectivity index (χ0) is 17.4. The van der Waals surface area contributed by atoms with E-state index in [0.29, 0.717) is 31.3 Å². The van der Waals surface area contributed by atoms with Gasteiger partial charge in [0.25, 0.3) is 5.91 Å². The molecule has 0 saturated carbocycles. The Morgan fingerprint density at radius 1 is 1.17 bits per heavy atom. The predicted molar refractivity (Wildman–Crippen MR) is 94.7 cm³/mol. The van der Waals surface area contributed by atoms with Crippen molar-refractivity contribution >= 4 is 17.5 Å². The first-order valence-corrected chi connectivity index (χ1v) is 8.14. The molecular formula is C18H24N4O2. The Bertz CT molecular complexity index is 668. The van der Waals surface area contributed by atoms with Crippen molar-refractivity contribution in [2.75, 3.05) is 25.1 Å². The number of hydrogen-bond acceptors (Lipinski definition) is 5. The van der Waals surface area contributed by atoms with Gasteiger partial charge in [-0.2, -0.15) is 0 Å².